The molecule has 0 heterocycles. The van der Waals surface area contributed by atoms with Crippen LogP contribution in [0.2, 0.25) is 0 Å². The van der Waals surface area contributed by atoms with Crippen molar-refractivity contribution in [2.75, 3.05) is 18.4 Å². The van der Waals surface area contributed by atoms with Crippen LogP contribution in [-0.2, 0) is 4.79 Å². The number of hydrogen-bond donors (Lipinski definition) is 1. The molecular weight excluding hydrogens is 288 g/mol. The highest BCUT2D eigenvalue weighted by Crippen LogP contribution is 2.13. The minimum Gasteiger partial charge on any atom is -0.339 e. The molecule has 0 aliphatic rings. The van der Waals surface area contributed by atoms with Crippen molar-refractivity contribution in [3.63, 3.8) is 0 Å². The monoisotopic (exact) mass is 318 g/mol. The van der Waals surface area contributed by atoms with Gasteiger partial charge in [-0.3, -0.25) is 9.59 Å². The molecular formula is C19H30N2O2. The smallest absolute Gasteiger partial charge is 0.253 e. The number of amides is 2. The SMILES string of the molecule is CCCCCN(CCCCC)C(=O)c1ccc(NC(C)=O)cc1. The van der Waals surface area contributed by atoms with Crippen molar-refractivity contribution in [2.45, 2.75) is 59.3 Å². The zero-order valence-corrected chi connectivity index (χ0v) is 14.7. The molecule has 1 aromatic rings. The molecule has 0 aliphatic carbocycles. The molecule has 1 N–H and O–H groups in total. The second kappa shape index (κ2) is 10.8. The van der Waals surface area contributed by atoms with Gasteiger partial charge in [0.1, 0.15) is 0 Å². The Balaban J connectivity index is 2.70. The molecule has 4 heteroatoms. The first-order chi connectivity index (χ1) is 11.1. The van der Waals surface area contributed by atoms with Crippen molar-refractivity contribution in [1.82, 2.24) is 4.90 Å². The van der Waals surface area contributed by atoms with Crippen molar-refractivity contribution >= 4 is 17.5 Å². The van der Waals surface area contributed by atoms with Gasteiger partial charge < -0.3 is 10.2 Å². The molecule has 0 aliphatic heterocycles. The van der Waals surface area contributed by atoms with Crippen LogP contribution in [0.15, 0.2) is 24.3 Å². The number of benzene rings is 1. The Labute approximate surface area is 140 Å². The van der Waals surface area contributed by atoms with E-state index >= 15 is 0 Å². The molecule has 0 atom stereocenters. The molecule has 0 saturated heterocycles. The normalized spacial score (nSPS) is 10.4. The van der Waals surface area contributed by atoms with E-state index in [0.29, 0.717) is 5.56 Å². The van der Waals surface area contributed by atoms with Crippen LogP contribution in [0.25, 0.3) is 0 Å². The highest BCUT2D eigenvalue weighted by atomic mass is 16.2. The largest absolute Gasteiger partial charge is 0.339 e. The average molecular weight is 318 g/mol. The van der Waals surface area contributed by atoms with Crippen LogP contribution in [-0.4, -0.2) is 29.8 Å². The van der Waals surface area contributed by atoms with Crippen LogP contribution in [0.5, 0.6) is 0 Å². The molecule has 0 aromatic heterocycles. The Morgan fingerprint density at radius 3 is 1.87 bits per heavy atom. The van der Waals surface area contributed by atoms with E-state index in [1.165, 1.54) is 6.92 Å². The average Bonchev–Trinajstić information content (AvgIpc) is 2.53. The van der Waals surface area contributed by atoms with E-state index in [4.69, 9.17) is 0 Å². The lowest BCUT2D eigenvalue weighted by Crippen LogP contribution is -2.33. The Kier molecular flexibility index (Phi) is 9.03. The van der Waals surface area contributed by atoms with Crippen LogP contribution in [0.3, 0.4) is 0 Å². The second-order valence-electron chi connectivity index (χ2n) is 5.96. The Hall–Kier alpha value is -1.84. The number of rotatable bonds is 10. The van der Waals surface area contributed by atoms with Crippen LogP contribution in [0, 0.1) is 0 Å². The van der Waals surface area contributed by atoms with Crippen molar-refractivity contribution in [3.05, 3.63) is 29.8 Å². The first-order valence-electron chi connectivity index (χ1n) is 8.75. The van der Waals surface area contributed by atoms with Crippen molar-refractivity contribution < 1.29 is 9.59 Å². The maximum atomic E-state index is 12.7. The summed E-state index contributed by atoms with van der Waals surface area (Å²) >= 11 is 0. The maximum absolute atomic E-state index is 12.7. The topological polar surface area (TPSA) is 49.4 Å². The predicted octanol–water partition coefficient (Wildman–Crippen LogP) is 4.47. The molecule has 23 heavy (non-hydrogen) atoms. The third-order valence-corrected chi connectivity index (χ3v) is 3.80. The maximum Gasteiger partial charge on any atom is 0.253 e. The number of anilines is 1. The van der Waals surface area contributed by atoms with Crippen molar-refractivity contribution in [2.24, 2.45) is 0 Å². The molecule has 1 rings (SSSR count). The molecule has 0 spiro atoms. The lowest BCUT2D eigenvalue weighted by Gasteiger charge is -2.23. The van der Waals surface area contributed by atoms with E-state index in [1.807, 2.05) is 4.90 Å². The van der Waals surface area contributed by atoms with Crippen LogP contribution in [0.4, 0.5) is 5.69 Å². The second-order valence-corrected chi connectivity index (χ2v) is 5.96. The molecule has 128 valence electrons. The minimum absolute atomic E-state index is 0.0894. The number of nitrogens with one attached hydrogen (secondary N) is 1. The van der Waals surface area contributed by atoms with E-state index in [-0.39, 0.29) is 11.8 Å². The zero-order chi connectivity index (χ0) is 17.1. The van der Waals surface area contributed by atoms with Gasteiger partial charge >= 0.3 is 0 Å². The quantitative estimate of drug-likeness (QED) is 0.647. The molecule has 0 bridgehead atoms. The van der Waals surface area contributed by atoms with E-state index in [0.717, 1.165) is 57.3 Å². The number of nitrogens with zero attached hydrogens (tertiary/aromatic N) is 1. The van der Waals surface area contributed by atoms with Crippen LogP contribution >= 0.6 is 0 Å². The molecule has 0 radical (unpaired) electrons. The third kappa shape index (κ3) is 7.31. The molecule has 0 unspecified atom stereocenters. The number of carbonyl (C=O) groups excluding carboxylic acids is 2. The lowest BCUT2D eigenvalue weighted by molar-refractivity contribution is -0.114. The Morgan fingerprint density at radius 1 is 0.913 bits per heavy atom. The first-order valence-corrected chi connectivity index (χ1v) is 8.75. The van der Waals surface area contributed by atoms with Crippen LogP contribution < -0.4 is 5.32 Å². The summed E-state index contributed by atoms with van der Waals surface area (Å²) < 4.78 is 0. The summed E-state index contributed by atoms with van der Waals surface area (Å²) in [5.41, 5.74) is 1.41. The van der Waals surface area contributed by atoms with Crippen molar-refractivity contribution in [3.8, 4) is 0 Å². The van der Waals surface area contributed by atoms with Gasteiger partial charge in [0.15, 0.2) is 0 Å². The predicted molar refractivity (Wildman–Crippen MR) is 95.7 cm³/mol. The molecule has 4 nitrogen and oxygen atoms in total. The summed E-state index contributed by atoms with van der Waals surface area (Å²) in [6.45, 7) is 7.46. The Morgan fingerprint density at radius 2 is 1.43 bits per heavy atom. The van der Waals surface area contributed by atoms with E-state index in [1.54, 1.807) is 24.3 Å². The number of unbranched alkanes of at least 4 members (excludes halogenated alkanes) is 4. The molecule has 0 fully saturated rings. The van der Waals surface area contributed by atoms with Crippen LogP contribution in [0.1, 0.15) is 69.7 Å². The fraction of sp³-hybridized carbons (Fsp3) is 0.579. The fourth-order valence-corrected chi connectivity index (χ4v) is 2.50. The van der Waals surface area contributed by atoms with E-state index in [2.05, 4.69) is 19.2 Å². The standard InChI is InChI=1S/C19H30N2O2/c1-4-6-8-14-21(15-9-7-5-2)19(23)17-10-12-18(13-11-17)20-16(3)22/h10-13H,4-9,14-15H2,1-3H3,(H,20,22). The minimum atomic E-state index is -0.107. The first kappa shape index (κ1) is 19.2. The van der Waals surface area contributed by atoms with Crippen molar-refractivity contribution in [1.29, 1.82) is 0 Å². The number of hydrogen-bond acceptors (Lipinski definition) is 2. The van der Waals surface area contributed by atoms with Gasteiger partial charge in [-0.1, -0.05) is 39.5 Å². The van der Waals surface area contributed by atoms with Gasteiger partial charge in [-0.15, -0.1) is 0 Å². The van der Waals surface area contributed by atoms with Gasteiger partial charge in [-0.25, -0.2) is 0 Å². The zero-order valence-electron chi connectivity index (χ0n) is 14.7. The van der Waals surface area contributed by atoms with Gasteiger partial charge in [-0.05, 0) is 37.1 Å². The highest BCUT2D eigenvalue weighted by molar-refractivity contribution is 5.95. The summed E-state index contributed by atoms with van der Waals surface area (Å²) in [6, 6.07) is 7.15. The molecule has 0 saturated carbocycles. The summed E-state index contributed by atoms with van der Waals surface area (Å²) in [7, 11) is 0. The van der Waals surface area contributed by atoms with Gasteiger partial charge in [-0.2, -0.15) is 0 Å². The lowest BCUT2D eigenvalue weighted by atomic mass is 10.1. The van der Waals surface area contributed by atoms with E-state index in [9.17, 15) is 9.59 Å². The molecule has 2 amide bonds. The number of carbonyl (C=O) groups is 2. The Bertz CT molecular complexity index is 473. The van der Waals surface area contributed by atoms with Gasteiger partial charge in [0.25, 0.3) is 5.91 Å². The van der Waals surface area contributed by atoms with E-state index < -0.39 is 0 Å². The van der Waals surface area contributed by atoms with Gasteiger partial charge in [0.2, 0.25) is 5.91 Å². The summed E-state index contributed by atoms with van der Waals surface area (Å²) in [5.74, 6) is -0.0172. The highest BCUT2D eigenvalue weighted by Gasteiger charge is 2.15. The summed E-state index contributed by atoms with van der Waals surface area (Å²) in [5, 5.41) is 2.72. The molecule has 1 aromatic carbocycles. The summed E-state index contributed by atoms with van der Waals surface area (Å²) in [4.78, 5) is 25.7. The summed E-state index contributed by atoms with van der Waals surface area (Å²) in [6.07, 6.45) is 6.72. The van der Waals surface area contributed by atoms with Gasteiger partial charge in [0, 0.05) is 31.3 Å². The van der Waals surface area contributed by atoms with Gasteiger partial charge in [0.05, 0.1) is 0 Å². The third-order valence-electron chi connectivity index (χ3n) is 3.80. The fourth-order valence-electron chi connectivity index (χ4n) is 2.50.